The number of benzene rings is 1. The molecule has 0 saturated carbocycles. The summed E-state index contributed by atoms with van der Waals surface area (Å²) < 4.78 is 12.1. The Hall–Kier alpha value is -1.38. The molecule has 0 fully saturated rings. The minimum absolute atomic E-state index is 0.401. The van der Waals surface area contributed by atoms with E-state index in [9.17, 15) is 9.59 Å². The lowest BCUT2D eigenvalue weighted by Gasteiger charge is -2.13. The minimum Gasteiger partial charge on any atom is -0.494 e. The second-order valence-electron chi connectivity index (χ2n) is 4.73. The molecule has 24 heavy (non-hydrogen) atoms. The van der Waals surface area contributed by atoms with Crippen LogP contribution in [0.4, 0.5) is 5.69 Å². The van der Waals surface area contributed by atoms with Crippen molar-refractivity contribution in [1.29, 1.82) is 0 Å². The number of ether oxygens (including phenoxy) is 2. The average molecular weight is 477 g/mol. The van der Waals surface area contributed by atoms with Gasteiger partial charge in [0.2, 0.25) is 0 Å². The molecule has 2 rings (SSSR count). The zero-order valence-corrected chi connectivity index (χ0v) is 17.0. The molecule has 8 heteroatoms. The molecule has 0 aliphatic heterocycles. The van der Waals surface area contributed by atoms with Crippen molar-refractivity contribution < 1.29 is 19.1 Å². The molecule has 0 radical (unpaired) electrons. The van der Waals surface area contributed by atoms with Gasteiger partial charge in [-0.15, -0.1) is 11.3 Å². The lowest BCUT2D eigenvalue weighted by atomic mass is 10.3. The highest BCUT2D eigenvalue weighted by atomic mass is 79.9. The van der Waals surface area contributed by atoms with Crippen LogP contribution >= 0.6 is 43.2 Å². The molecule has 1 aromatic carbocycles. The fourth-order valence-corrected chi connectivity index (χ4v) is 3.68. The number of hydrogen-bond donors (Lipinski definition) is 1. The standard InChI is InChI=1S/C16H15Br2NO4S/c1-3-22-11-6-4-10(5-7-11)19-15(20)9(2)23-16(21)13-8-12(17)14(18)24-13/h4-9H,3H2,1-2H3,(H,19,20). The lowest BCUT2D eigenvalue weighted by Crippen LogP contribution is -2.29. The van der Waals surface area contributed by atoms with Crippen molar-refractivity contribution in [3.05, 3.63) is 43.5 Å². The van der Waals surface area contributed by atoms with E-state index in [0.29, 0.717) is 17.2 Å². The second kappa shape index (κ2) is 8.64. The van der Waals surface area contributed by atoms with Gasteiger partial charge in [-0.1, -0.05) is 0 Å². The van der Waals surface area contributed by atoms with E-state index in [1.165, 1.54) is 18.3 Å². The Labute approximate surface area is 160 Å². The minimum atomic E-state index is -0.913. The number of carbonyl (C=O) groups excluding carboxylic acids is 2. The Morgan fingerprint density at radius 3 is 2.46 bits per heavy atom. The summed E-state index contributed by atoms with van der Waals surface area (Å²) in [5, 5.41) is 2.70. The van der Waals surface area contributed by atoms with Gasteiger partial charge >= 0.3 is 5.97 Å². The number of amides is 1. The molecule has 5 nitrogen and oxygen atoms in total. The van der Waals surface area contributed by atoms with E-state index in [2.05, 4.69) is 37.2 Å². The molecule has 1 N–H and O–H groups in total. The predicted molar refractivity (Wildman–Crippen MR) is 101 cm³/mol. The van der Waals surface area contributed by atoms with Gasteiger partial charge in [-0.3, -0.25) is 4.79 Å². The molecule has 0 saturated heterocycles. The van der Waals surface area contributed by atoms with E-state index in [4.69, 9.17) is 9.47 Å². The Morgan fingerprint density at radius 1 is 1.25 bits per heavy atom. The third-order valence-electron chi connectivity index (χ3n) is 2.93. The number of carbonyl (C=O) groups is 2. The zero-order valence-electron chi connectivity index (χ0n) is 13.0. The molecule has 1 heterocycles. The molecule has 1 atom stereocenters. The molecule has 0 aliphatic rings. The number of halogens is 2. The number of thiophene rings is 1. The van der Waals surface area contributed by atoms with E-state index < -0.39 is 18.0 Å². The summed E-state index contributed by atoms with van der Waals surface area (Å²) in [6.45, 7) is 4.00. The summed E-state index contributed by atoms with van der Waals surface area (Å²) >= 11 is 7.86. The van der Waals surface area contributed by atoms with Crippen LogP contribution in [-0.4, -0.2) is 24.6 Å². The van der Waals surface area contributed by atoms with E-state index in [1.807, 2.05) is 6.92 Å². The van der Waals surface area contributed by atoms with Crippen LogP contribution in [0.2, 0.25) is 0 Å². The summed E-state index contributed by atoms with van der Waals surface area (Å²) in [6, 6.07) is 8.62. The normalized spacial score (nSPS) is 11.7. The Morgan fingerprint density at radius 2 is 1.92 bits per heavy atom. The van der Waals surface area contributed by atoms with Gasteiger partial charge in [0.05, 0.1) is 10.4 Å². The summed E-state index contributed by atoms with van der Waals surface area (Å²) in [4.78, 5) is 24.6. The van der Waals surface area contributed by atoms with Crippen LogP contribution in [0.25, 0.3) is 0 Å². The van der Waals surface area contributed by atoms with Gasteiger partial charge in [-0.25, -0.2) is 4.79 Å². The summed E-state index contributed by atoms with van der Waals surface area (Å²) in [5.74, 6) is -0.216. The average Bonchev–Trinajstić information content (AvgIpc) is 2.89. The van der Waals surface area contributed by atoms with Gasteiger partial charge in [0.1, 0.15) is 10.6 Å². The third kappa shape index (κ3) is 5.06. The maximum atomic E-state index is 12.1. The number of nitrogens with one attached hydrogen (secondary N) is 1. The highest BCUT2D eigenvalue weighted by molar-refractivity contribution is 9.13. The summed E-state index contributed by atoms with van der Waals surface area (Å²) in [5.41, 5.74) is 0.605. The molecule has 0 spiro atoms. The first-order chi connectivity index (χ1) is 11.4. The topological polar surface area (TPSA) is 64.6 Å². The molecule has 1 aromatic heterocycles. The maximum absolute atomic E-state index is 12.1. The van der Waals surface area contributed by atoms with Gasteiger partial charge in [-0.05, 0) is 76.0 Å². The Balaban J connectivity index is 1.92. The number of rotatable bonds is 6. The van der Waals surface area contributed by atoms with Crippen LogP contribution in [0, 0.1) is 0 Å². The van der Waals surface area contributed by atoms with Crippen LogP contribution in [0.1, 0.15) is 23.5 Å². The van der Waals surface area contributed by atoms with E-state index in [-0.39, 0.29) is 0 Å². The highest BCUT2D eigenvalue weighted by Gasteiger charge is 2.21. The first kappa shape index (κ1) is 19.0. The van der Waals surface area contributed by atoms with Gasteiger partial charge < -0.3 is 14.8 Å². The molecular formula is C16H15Br2NO4S. The fourth-order valence-electron chi connectivity index (χ4n) is 1.76. The second-order valence-corrected chi connectivity index (χ2v) is 7.95. The Kier molecular flexibility index (Phi) is 6.82. The van der Waals surface area contributed by atoms with Gasteiger partial charge in [0, 0.05) is 10.2 Å². The van der Waals surface area contributed by atoms with Crippen LogP contribution in [-0.2, 0) is 9.53 Å². The van der Waals surface area contributed by atoms with Crippen molar-refractivity contribution in [2.45, 2.75) is 20.0 Å². The highest BCUT2D eigenvalue weighted by Crippen LogP contribution is 2.32. The SMILES string of the molecule is CCOc1ccc(NC(=O)C(C)OC(=O)c2cc(Br)c(Br)s2)cc1. The molecule has 0 aliphatic carbocycles. The first-order valence-electron chi connectivity index (χ1n) is 7.10. The quantitative estimate of drug-likeness (QED) is 0.605. The van der Waals surface area contributed by atoms with Crippen LogP contribution in [0.3, 0.4) is 0 Å². The van der Waals surface area contributed by atoms with Crippen molar-refractivity contribution in [3.8, 4) is 5.75 Å². The van der Waals surface area contributed by atoms with Crippen molar-refractivity contribution in [2.75, 3.05) is 11.9 Å². The number of esters is 1. The molecule has 2 aromatic rings. The van der Waals surface area contributed by atoms with Gasteiger partial charge in [-0.2, -0.15) is 0 Å². The molecule has 128 valence electrons. The lowest BCUT2D eigenvalue weighted by molar-refractivity contribution is -0.123. The summed E-state index contributed by atoms with van der Waals surface area (Å²) in [7, 11) is 0. The monoisotopic (exact) mass is 475 g/mol. The smallest absolute Gasteiger partial charge is 0.349 e. The fraction of sp³-hybridized carbons (Fsp3) is 0.250. The Bertz CT molecular complexity index is 711. The van der Waals surface area contributed by atoms with Gasteiger partial charge in [0.25, 0.3) is 5.91 Å². The van der Waals surface area contributed by atoms with E-state index >= 15 is 0 Å². The van der Waals surface area contributed by atoms with Crippen LogP contribution in [0.15, 0.2) is 38.6 Å². The van der Waals surface area contributed by atoms with Crippen molar-refractivity contribution in [3.63, 3.8) is 0 Å². The zero-order chi connectivity index (χ0) is 17.7. The van der Waals surface area contributed by atoms with E-state index in [0.717, 1.165) is 14.0 Å². The maximum Gasteiger partial charge on any atom is 0.349 e. The van der Waals surface area contributed by atoms with Crippen molar-refractivity contribution >= 4 is 60.8 Å². The first-order valence-corrected chi connectivity index (χ1v) is 9.50. The third-order valence-corrected chi connectivity index (χ3v) is 6.17. The molecule has 1 unspecified atom stereocenters. The largest absolute Gasteiger partial charge is 0.494 e. The van der Waals surface area contributed by atoms with Crippen LogP contribution in [0.5, 0.6) is 5.75 Å². The predicted octanol–water partition coefficient (Wildman–Crippen LogP) is 4.86. The van der Waals surface area contributed by atoms with Crippen molar-refractivity contribution in [2.24, 2.45) is 0 Å². The molecular weight excluding hydrogens is 462 g/mol. The van der Waals surface area contributed by atoms with E-state index in [1.54, 1.807) is 30.3 Å². The molecule has 0 bridgehead atoms. The number of hydrogen-bond acceptors (Lipinski definition) is 5. The summed E-state index contributed by atoms with van der Waals surface area (Å²) in [6.07, 6.45) is -0.913. The number of anilines is 1. The van der Waals surface area contributed by atoms with Crippen LogP contribution < -0.4 is 10.1 Å². The van der Waals surface area contributed by atoms with Crippen molar-refractivity contribution in [1.82, 2.24) is 0 Å². The van der Waals surface area contributed by atoms with Gasteiger partial charge in [0.15, 0.2) is 6.10 Å². The molecule has 1 amide bonds.